The number of aromatic nitrogens is 1. The van der Waals surface area contributed by atoms with E-state index in [1.807, 2.05) is 0 Å². The molecule has 0 spiro atoms. The van der Waals surface area contributed by atoms with Gasteiger partial charge < -0.3 is 4.74 Å². The first-order chi connectivity index (χ1) is 9.72. The van der Waals surface area contributed by atoms with Crippen LogP contribution in [0.2, 0.25) is 5.02 Å². The number of hydrogen-bond donors (Lipinski definition) is 0. The largest absolute Gasteiger partial charge is 0.402 e. The number of cyclic esters (lactones) is 1. The minimum atomic E-state index is -0.473. The van der Waals surface area contributed by atoms with Gasteiger partial charge in [0, 0.05) is 17.4 Å². The van der Waals surface area contributed by atoms with E-state index in [-0.39, 0.29) is 11.6 Å². The fourth-order valence-electron chi connectivity index (χ4n) is 1.74. The van der Waals surface area contributed by atoms with Crippen LogP contribution in [0.3, 0.4) is 0 Å². The van der Waals surface area contributed by atoms with Crippen molar-refractivity contribution in [2.24, 2.45) is 4.99 Å². The Hall–Kier alpha value is -2.46. The minimum absolute atomic E-state index is 0.256. The zero-order chi connectivity index (χ0) is 13.9. The van der Waals surface area contributed by atoms with Crippen LogP contribution in [0, 0.1) is 0 Å². The Balaban J connectivity index is 1.92. The minimum Gasteiger partial charge on any atom is -0.402 e. The Morgan fingerprint density at radius 3 is 2.65 bits per heavy atom. The molecule has 0 saturated carbocycles. The molecule has 0 fully saturated rings. The van der Waals surface area contributed by atoms with E-state index >= 15 is 0 Å². The average Bonchev–Trinajstić information content (AvgIpc) is 2.84. The van der Waals surface area contributed by atoms with E-state index in [0.717, 1.165) is 5.56 Å². The Kier molecular flexibility index (Phi) is 3.31. The molecule has 2 heterocycles. The molecule has 4 nitrogen and oxygen atoms in total. The number of rotatable bonds is 2. The predicted octanol–water partition coefficient (Wildman–Crippen LogP) is 3.08. The molecule has 0 amide bonds. The number of nitrogens with zero attached hydrogens (tertiary/aromatic N) is 2. The highest BCUT2D eigenvalue weighted by Crippen LogP contribution is 2.19. The molecule has 20 heavy (non-hydrogen) atoms. The van der Waals surface area contributed by atoms with E-state index in [1.54, 1.807) is 54.9 Å². The smallest absolute Gasteiger partial charge is 0.363 e. The maximum absolute atomic E-state index is 11.8. The fourth-order valence-corrected chi connectivity index (χ4v) is 1.86. The van der Waals surface area contributed by atoms with Crippen molar-refractivity contribution in [3.05, 3.63) is 70.6 Å². The first-order valence-electron chi connectivity index (χ1n) is 5.91. The number of aliphatic imine (C=N–C) groups is 1. The van der Waals surface area contributed by atoms with E-state index in [4.69, 9.17) is 16.3 Å². The van der Waals surface area contributed by atoms with Crippen LogP contribution in [0.1, 0.15) is 11.1 Å². The molecule has 2 aromatic rings. The third-order valence-corrected chi connectivity index (χ3v) is 2.95. The second-order valence-electron chi connectivity index (χ2n) is 4.13. The van der Waals surface area contributed by atoms with Gasteiger partial charge in [0.25, 0.3) is 0 Å². The van der Waals surface area contributed by atoms with Crippen molar-refractivity contribution in [1.82, 2.24) is 4.98 Å². The number of ether oxygens (including phenoxy) is 1. The summed E-state index contributed by atoms with van der Waals surface area (Å²) in [6, 6.07) is 10.7. The Labute approximate surface area is 120 Å². The van der Waals surface area contributed by atoms with Gasteiger partial charge in [-0.1, -0.05) is 23.7 Å². The Bertz CT molecular complexity index is 706. The lowest BCUT2D eigenvalue weighted by atomic mass is 10.2. The monoisotopic (exact) mass is 284 g/mol. The molecule has 0 aliphatic carbocycles. The van der Waals surface area contributed by atoms with Crippen molar-refractivity contribution in [3.63, 3.8) is 0 Å². The standard InChI is InChI=1S/C15H9ClN2O2/c16-12-5-3-10(4-6-12)8-13-15(19)20-14(18-13)11-2-1-7-17-9-11/h1-9H/b13-8-. The fraction of sp³-hybridized carbons (Fsp3) is 0. The number of esters is 1. The quantitative estimate of drug-likeness (QED) is 0.629. The third kappa shape index (κ3) is 2.60. The van der Waals surface area contributed by atoms with Crippen LogP contribution >= 0.6 is 11.6 Å². The lowest BCUT2D eigenvalue weighted by molar-refractivity contribution is -0.129. The molecule has 5 heteroatoms. The van der Waals surface area contributed by atoms with Gasteiger partial charge in [0.2, 0.25) is 5.90 Å². The SMILES string of the molecule is O=C1OC(c2cccnc2)=N/C1=C\c1ccc(Cl)cc1. The molecule has 0 radical (unpaired) electrons. The number of hydrogen-bond acceptors (Lipinski definition) is 4. The summed E-state index contributed by atoms with van der Waals surface area (Å²) in [7, 11) is 0. The third-order valence-electron chi connectivity index (χ3n) is 2.70. The normalized spacial score (nSPS) is 16.1. The summed E-state index contributed by atoms with van der Waals surface area (Å²) >= 11 is 5.81. The van der Waals surface area contributed by atoms with Crippen LogP contribution in [-0.2, 0) is 9.53 Å². The topological polar surface area (TPSA) is 51.5 Å². The van der Waals surface area contributed by atoms with E-state index in [1.165, 1.54) is 0 Å². The van der Waals surface area contributed by atoms with Gasteiger partial charge in [0.05, 0.1) is 5.56 Å². The van der Waals surface area contributed by atoms with Gasteiger partial charge in [-0.05, 0) is 35.9 Å². The number of carbonyl (C=O) groups excluding carboxylic acids is 1. The van der Waals surface area contributed by atoms with Gasteiger partial charge in [-0.2, -0.15) is 0 Å². The molecule has 1 aliphatic rings. The van der Waals surface area contributed by atoms with Crippen LogP contribution in [0.5, 0.6) is 0 Å². The predicted molar refractivity (Wildman–Crippen MR) is 76.3 cm³/mol. The molecular formula is C15H9ClN2O2. The molecule has 0 N–H and O–H groups in total. The Morgan fingerprint density at radius 2 is 1.95 bits per heavy atom. The van der Waals surface area contributed by atoms with Crippen molar-refractivity contribution in [1.29, 1.82) is 0 Å². The molecule has 0 unspecified atom stereocenters. The van der Waals surface area contributed by atoms with Crippen molar-refractivity contribution < 1.29 is 9.53 Å². The molecule has 3 rings (SSSR count). The molecule has 98 valence electrons. The number of benzene rings is 1. The maximum atomic E-state index is 11.8. The highest BCUT2D eigenvalue weighted by atomic mass is 35.5. The van der Waals surface area contributed by atoms with Crippen LogP contribution in [-0.4, -0.2) is 16.9 Å². The summed E-state index contributed by atoms with van der Waals surface area (Å²) in [5, 5.41) is 0.640. The Morgan fingerprint density at radius 1 is 1.15 bits per heavy atom. The maximum Gasteiger partial charge on any atom is 0.363 e. The van der Waals surface area contributed by atoms with Gasteiger partial charge in [-0.3, -0.25) is 4.98 Å². The van der Waals surface area contributed by atoms with Crippen LogP contribution in [0.25, 0.3) is 6.08 Å². The highest BCUT2D eigenvalue weighted by Gasteiger charge is 2.24. The van der Waals surface area contributed by atoms with Gasteiger partial charge in [-0.15, -0.1) is 0 Å². The number of carbonyl (C=O) groups is 1. The summed E-state index contributed by atoms with van der Waals surface area (Å²) in [6.07, 6.45) is 4.89. The summed E-state index contributed by atoms with van der Waals surface area (Å²) in [5.41, 5.74) is 1.75. The molecule has 1 aromatic carbocycles. The van der Waals surface area contributed by atoms with Gasteiger partial charge in [0.15, 0.2) is 5.70 Å². The van der Waals surface area contributed by atoms with Gasteiger partial charge >= 0.3 is 5.97 Å². The first kappa shape index (κ1) is 12.6. The molecule has 1 aliphatic heterocycles. The van der Waals surface area contributed by atoms with Crippen LogP contribution in [0.4, 0.5) is 0 Å². The summed E-state index contributed by atoms with van der Waals surface area (Å²) in [5.74, 6) is -0.206. The van der Waals surface area contributed by atoms with Crippen molar-refractivity contribution >= 4 is 29.5 Å². The molecule has 0 saturated heterocycles. The van der Waals surface area contributed by atoms with Gasteiger partial charge in [-0.25, -0.2) is 9.79 Å². The zero-order valence-corrected chi connectivity index (χ0v) is 11.0. The number of halogens is 1. The zero-order valence-electron chi connectivity index (χ0n) is 10.3. The van der Waals surface area contributed by atoms with Crippen LogP contribution in [0.15, 0.2) is 59.5 Å². The summed E-state index contributed by atoms with van der Waals surface area (Å²) in [4.78, 5) is 19.9. The molecular weight excluding hydrogens is 276 g/mol. The molecule has 1 aromatic heterocycles. The summed E-state index contributed by atoms with van der Waals surface area (Å²) in [6.45, 7) is 0. The summed E-state index contributed by atoms with van der Waals surface area (Å²) < 4.78 is 5.13. The van der Waals surface area contributed by atoms with E-state index in [9.17, 15) is 4.79 Å². The highest BCUT2D eigenvalue weighted by molar-refractivity contribution is 6.30. The van der Waals surface area contributed by atoms with Crippen molar-refractivity contribution in [3.8, 4) is 0 Å². The lowest BCUT2D eigenvalue weighted by Crippen LogP contribution is -2.05. The number of pyridine rings is 1. The first-order valence-corrected chi connectivity index (χ1v) is 6.29. The molecule has 0 atom stereocenters. The van der Waals surface area contributed by atoms with E-state index in [2.05, 4.69) is 9.98 Å². The van der Waals surface area contributed by atoms with E-state index < -0.39 is 5.97 Å². The second-order valence-corrected chi connectivity index (χ2v) is 4.57. The van der Waals surface area contributed by atoms with Gasteiger partial charge in [0.1, 0.15) is 0 Å². The second kappa shape index (κ2) is 5.27. The van der Waals surface area contributed by atoms with Crippen molar-refractivity contribution in [2.45, 2.75) is 0 Å². The van der Waals surface area contributed by atoms with E-state index in [0.29, 0.717) is 10.6 Å². The van der Waals surface area contributed by atoms with Crippen molar-refractivity contribution in [2.75, 3.05) is 0 Å². The average molecular weight is 285 g/mol. The molecule has 0 bridgehead atoms. The van der Waals surface area contributed by atoms with Crippen LogP contribution < -0.4 is 0 Å². The lowest BCUT2D eigenvalue weighted by Gasteiger charge is -1.96.